The Balaban J connectivity index is 4.77. The molecule has 0 aliphatic heterocycles. The maximum atomic E-state index is 11.3. The summed E-state index contributed by atoms with van der Waals surface area (Å²) in [6, 6.07) is 0. The average molecular weight is 213 g/mol. The van der Waals surface area contributed by atoms with Crippen molar-refractivity contribution in [2.24, 2.45) is 5.73 Å². The van der Waals surface area contributed by atoms with Crippen LogP contribution < -0.4 is 5.73 Å². The van der Waals surface area contributed by atoms with E-state index in [1.807, 2.05) is 0 Å². The number of hydrogen-bond acceptors (Lipinski definition) is 4. The van der Waals surface area contributed by atoms with Crippen molar-refractivity contribution in [2.75, 3.05) is 0 Å². The smallest absolute Gasteiger partial charge is 0.341 e. The third-order valence-corrected chi connectivity index (χ3v) is 1.89. The largest absolute Gasteiger partial charge is 0.390 e. The number of carbonyl (C=O) groups is 3. The molecule has 1 amide bonds. The van der Waals surface area contributed by atoms with Crippen molar-refractivity contribution in [2.45, 2.75) is 33.6 Å². The van der Waals surface area contributed by atoms with Crippen LogP contribution in [0.3, 0.4) is 0 Å². The van der Waals surface area contributed by atoms with Gasteiger partial charge in [-0.15, -0.1) is 0 Å². The van der Waals surface area contributed by atoms with Gasteiger partial charge in [0, 0.05) is 18.9 Å². The lowest BCUT2D eigenvalue weighted by Crippen LogP contribution is -2.16. The second kappa shape index (κ2) is 5.95. The lowest BCUT2D eigenvalue weighted by molar-refractivity contribution is -0.155. The van der Waals surface area contributed by atoms with Gasteiger partial charge in [0.1, 0.15) is 0 Å². The highest BCUT2D eigenvalue weighted by atomic mass is 16.6. The van der Waals surface area contributed by atoms with Crippen LogP contribution in [-0.2, 0) is 19.1 Å². The van der Waals surface area contributed by atoms with E-state index in [1.165, 1.54) is 6.92 Å². The summed E-state index contributed by atoms with van der Waals surface area (Å²) in [4.78, 5) is 32.5. The van der Waals surface area contributed by atoms with Crippen LogP contribution in [0.1, 0.15) is 33.6 Å². The first-order chi connectivity index (χ1) is 6.88. The van der Waals surface area contributed by atoms with Crippen LogP contribution in [0.15, 0.2) is 11.1 Å². The first-order valence-corrected chi connectivity index (χ1v) is 4.58. The molecule has 5 nitrogen and oxygen atoms in total. The summed E-state index contributed by atoms with van der Waals surface area (Å²) >= 11 is 0. The van der Waals surface area contributed by atoms with E-state index in [4.69, 9.17) is 5.73 Å². The zero-order chi connectivity index (χ0) is 12.0. The Bertz CT molecular complexity index is 317. The lowest BCUT2D eigenvalue weighted by Gasteiger charge is -2.06. The minimum atomic E-state index is -0.722. The summed E-state index contributed by atoms with van der Waals surface area (Å²) in [5.74, 6) is -1.91. The molecular weight excluding hydrogens is 198 g/mol. The number of nitrogens with two attached hydrogens (primary N) is 1. The van der Waals surface area contributed by atoms with Crippen LogP contribution in [0.5, 0.6) is 0 Å². The summed E-state index contributed by atoms with van der Waals surface area (Å²) in [5, 5.41) is 0. The van der Waals surface area contributed by atoms with E-state index in [-0.39, 0.29) is 12.0 Å². The first kappa shape index (κ1) is 13.4. The van der Waals surface area contributed by atoms with Crippen LogP contribution in [0.4, 0.5) is 0 Å². The number of carbonyl (C=O) groups excluding carboxylic acids is 3. The van der Waals surface area contributed by atoms with Gasteiger partial charge in [0.05, 0.1) is 0 Å². The van der Waals surface area contributed by atoms with Gasteiger partial charge < -0.3 is 10.5 Å². The normalized spacial score (nSPS) is 11.7. The zero-order valence-electron chi connectivity index (χ0n) is 9.12. The van der Waals surface area contributed by atoms with Crippen molar-refractivity contribution in [1.29, 1.82) is 0 Å². The fourth-order valence-electron chi connectivity index (χ4n) is 1.08. The molecule has 0 aliphatic rings. The molecule has 0 saturated carbocycles. The molecular formula is C10H15NO4. The Labute approximate surface area is 88.3 Å². The number of amides is 1. The topological polar surface area (TPSA) is 86.5 Å². The Morgan fingerprint density at radius 2 is 1.73 bits per heavy atom. The highest BCUT2D eigenvalue weighted by Gasteiger charge is 2.14. The van der Waals surface area contributed by atoms with Gasteiger partial charge in [0.2, 0.25) is 5.91 Å². The molecule has 0 atom stereocenters. The number of primary amides is 1. The molecule has 2 N–H and O–H groups in total. The van der Waals surface area contributed by atoms with Crippen LogP contribution in [0.2, 0.25) is 0 Å². The second-order valence-corrected chi connectivity index (χ2v) is 3.11. The monoisotopic (exact) mass is 213 g/mol. The van der Waals surface area contributed by atoms with Gasteiger partial charge in [-0.1, -0.05) is 12.5 Å². The quantitative estimate of drug-likeness (QED) is 0.422. The minimum absolute atomic E-state index is 0.00926. The lowest BCUT2D eigenvalue weighted by atomic mass is 10.0. The van der Waals surface area contributed by atoms with E-state index in [1.54, 1.807) is 6.92 Å². The van der Waals surface area contributed by atoms with Crippen LogP contribution in [0.25, 0.3) is 0 Å². The van der Waals surface area contributed by atoms with Crippen LogP contribution in [0, 0.1) is 0 Å². The molecule has 0 bridgehead atoms. The number of rotatable bonds is 4. The Morgan fingerprint density at radius 3 is 2.07 bits per heavy atom. The minimum Gasteiger partial charge on any atom is -0.390 e. The molecule has 0 heterocycles. The van der Waals surface area contributed by atoms with Crippen molar-refractivity contribution in [3.8, 4) is 0 Å². The SMILES string of the molecule is CCC(CC(N)=O)=C(C)C(=O)OC(C)=O. The van der Waals surface area contributed by atoms with Crippen molar-refractivity contribution in [3.63, 3.8) is 0 Å². The Morgan fingerprint density at radius 1 is 1.20 bits per heavy atom. The maximum absolute atomic E-state index is 11.3. The van der Waals surface area contributed by atoms with Crippen molar-refractivity contribution in [1.82, 2.24) is 0 Å². The van der Waals surface area contributed by atoms with E-state index in [2.05, 4.69) is 4.74 Å². The van der Waals surface area contributed by atoms with E-state index in [9.17, 15) is 14.4 Å². The maximum Gasteiger partial charge on any atom is 0.341 e. The molecule has 0 aromatic carbocycles. The average Bonchev–Trinajstić information content (AvgIpc) is 2.11. The highest BCUT2D eigenvalue weighted by molar-refractivity contribution is 5.96. The summed E-state index contributed by atoms with van der Waals surface area (Å²) < 4.78 is 4.39. The van der Waals surface area contributed by atoms with Crippen molar-refractivity contribution in [3.05, 3.63) is 11.1 Å². The summed E-state index contributed by atoms with van der Waals surface area (Å²) in [6.45, 7) is 4.45. The van der Waals surface area contributed by atoms with Gasteiger partial charge in [-0.05, 0) is 13.3 Å². The molecule has 0 aliphatic carbocycles. The van der Waals surface area contributed by atoms with Crippen LogP contribution >= 0.6 is 0 Å². The van der Waals surface area contributed by atoms with Crippen LogP contribution in [-0.4, -0.2) is 17.8 Å². The standard InChI is InChI=1S/C10H15NO4/c1-4-8(5-9(11)13)6(2)10(14)15-7(3)12/h4-5H2,1-3H3,(H2,11,13). The fraction of sp³-hybridized carbons (Fsp3) is 0.500. The Hall–Kier alpha value is -1.65. The van der Waals surface area contributed by atoms with Crippen molar-refractivity contribution >= 4 is 17.8 Å². The van der Waals surface area contributed by atoms with Gasteiger partial charge in [0.15, 0.2) is 0 Å². The van der Waals surface area contributed by atoms with Gasteiger partial charge in [0.25, 0.3) is 0 Å². The van der Waals surface area contributed by atoms with Gasteiger partial charge in [-0.25, -0.2) is 4.79 Å². The molecule has 15 heavy (non-hydrogen) atoms. The summed E-state index contributed by atoms with van der Waals surface area (Å²) in [6.07, 6.45) is 0.525. The molecule has 0 fully saturated rings. The molecule has 0 unspecified atom stereocenters. The van der Waals surface area contributed by atoms with Gasteiger partial charge >= 0.3 is 11.9 Å². The number of ether oxygens (including phenoxy) is 1. The fourth-order valence-corrected chi connectivity index (χ4v) is 1.08. The second-order valence-electron chi connectivity index (χ2n) is 3.11. The molecule has 5 heteroatoms. The first-order valence-electron chi connectivity index (χ1n) is 4.58. The molecule has 84 valence electrons. The van der Waals surface area contributed by atoms with Gasteiger partial charge in [-0.2, -0.15) is 0 Å². The molecule has 0 aromatic rings. The zero-order valence-corrected chi connectivity index (χ0v) is 9.12. The molecule has 0 saturated heterocycles. The van der Waals surface area contributed by atoms with Gasteiger partial charge in [-0.3, -0.25) is 9.59 Å². The third kappa shape index (κ3) is 4.95. The highest BCUT2D eigenvalue weighted by Crippen LogP contribution is 2.13. The van der Waals surface area contributed by atoms with Crippen molar-refractivity contribution < 1.29 is 19.1 Å². The molecule has 0 radical (unpaired) electrons. The van der Waals surface area contributed by atoms with E-state index in [0.29, 0.717) is 12.0 Å². The molecule has 0 aromatic heterocycles. The molecule has 0 rings (SSSR count). The van der Waals surface area contributed by atoms with E-state index >= 15 is 0 Å². The molecule has 0 spiro atoms. The summed E-state index contributed by atoms with van der Waals surface area (Å²) in [7, 11) is 0. The number of esters is 2. The van der Waals surface area contributed by atoms with E-state index in [0.717, 1.165) is 6.92 Å². The Kier molecular flexibility index (Phi) is 5.30. The predicted molar refractivity (Wildman–Crippen MR) is 53.6 cm³/mol. The van der Waals surface area contributed by atoms with E-state index < -0.39 is 17.8 Å². The predicted octanol–water partition coefficient (Wildman–Crippen LogP) is 0.678. The number of hydrogen-bond donors (Lipinski definition) is 1. The third-order valence-electron chi connectivity index (χ3n) is 1.89. The summed E-state index contributed by atoms with van der Waals surface area (Å²) in [5.41, 5.74) is 5.88.